The fraction of sp³-hybridized carbons (Fsp3) is 0.273. The molecule has 0 spiro atoms. The van der Waals surface area contributed by atoms with E-state index in [1.165, 1.54) is 0 Å². The largest absolute Gasteiger partial charge is 0.321 e. The molecule has 3 rings (SSSR count). The molecule has 5 heteroatoms. The fourth-order valence-electron chi connectivity index (χ4n) is 2.99. The van der Waals surface area contributed by atoms with E-state index in [-0.39, 0.29) is 16.9 Å². The van der Waals surface area contributed by atoms with Crippen molar-refractivity contribution in [3.63, 3.8) is 0 Å². The summed E-state index contributed by atoms with van der Waals surface area (Å²) in [5, 5.41) is 4.75. The first-order valence-corrected chi connectivity index (χ1v) is 9.23. The maximum Gasteiger partial charge on any atom is 0.258 e. The molecule has 0 bridgehead atoms. The van der Waals surface area contributed by atoms with Gasteiger partial charge in [0.2, 0.25) is 0 Å². The molecular formula is C22H23ClN2O2. The molecule has 27 heavy (non-hydrogen) atoms. The zero-order chi connectivity index (χ0) is 19.8. The predicted octanol–water partition coefficient (Wildman–Crippen LogP) is 5.26. The molecule has 1 heterocycles. The van der Waals surface area contributed by atoms with Gasteiger partial charge in [0, 0.05) is 39.8 Å². The van der Waals surface area contributed by atoms with Crippen LogP contribution in [0.2, 0.25) is 5.02 Å². The molecule has 2 aromatic carbocycles. The topological polar surface area (TPSA) is 51.1 Å². The van der Waals surface area contributed by atoms with Crippen LogP contribution in [0.5, 0.6) is 0 Å². The van der Waals surface area contributed by atoms with Crippen LogP contribution in [-0.4, -0.2) is 10.5 Å². The van der Waals surface area contributed by atoms with Gasteiger partial charge >= 0.3 is 0 Å². The van der Waals surface area contributed by atoms with Gasteiger partial charge in [-0.3, -0.25) is 9.59 Å². The number of halogens is 1. The number of fused-ring (bicyclic) bond motifs is 1. The summed E-state index contributed by atoms with van der Waals surface area (Å²) in [4.78, 5) is 25.4. The molecule has 0 saturated heterocycles. The number of hydrogen-bond donors (Lipinski definition) is 1. The third-order valence-corrected chi connectivity index (χ3v) is 4.75. The number of pyridine rings is 1. The Kier molecular flexibility index (Phi) is 5.11. The van der Waals surface area contributed by atoms with Gasteiger partial charge in [0.15, 0.2) is 0 Å². The Morgan fingerprint density at radius 1 is 1.11 bits per heavy atom. The zero-order valence-electron chi connectivity index (χ0n) is 16.0. The van der Waals surface area contributed by atoms with E-state index in [0.717, 1.165) is 10.9 Å². The monoisotopic (exact) mass is 382 g/mol. The molecule has 0 radical (unpaired) electrons. The second-order valence-electron chi connectivity index (χ2n) is 7.99. The van der Waals surface area contributed by atoms with E-state index in [1.54, 1.807) is 41.1 Å². The van der Waals surface area contributed by atoms with Crippen LogP contribution in [0.1, 0.15) is 36.7 Å². The molecular weight excluding hydrogens is 360 g/mol. The van der Waals surface area contributed by atoms with E-state index >= 15 is 0 Å². The highest BCUT2D eigenvalue weighted by Crippen LogP contribution is 2.24. The van der Waals surface area contributed by atoms with Crippen LogP contribution in [0.4, 0.5) is 5.69 Å². The molecule has 1 aromatic heterocycles. The van der Waals surface area contributed by atoms with Gasteiger partial charge in [-0.05, 0) is 48.2 Å². The number of aromatic nitrogens is 1. The van der Waals surface area contributed by atoms with E-state index in [0.29, 0.717) is 28.2 Å². The molecule has 0 saturated carbocycles. The Hall–Kier alpha value is -2.59. The molecule has 0 atom stereocenters. The molecule has 0 fully saturated rings. The number of carbonyl (C=O) groups excluding carboxylic acids is 1. The van der Waals surface area contributed by atoms with E-state index in [4.69, 9.17) is 11.6 Å². The van der Waals surface area contributed by atoms with Crippen molar-refractivity contribution in [1.82, 2.24) is 4.57 Å². The van der Waals surface area contributed by atoms with Gasteiger partial charge in [0.1, 0.15) is 0 Å². The molecule has 0 aliphatic carbocycles. The number of nitrogens with zero attached hydrogens (tertiary/aromatic N) is 1. The maximum atomic E-state index is 12.8. The summed E-state index contributed by atoms with van der Waals surface area (Å²) in [5.41, 5.74) is 1.93. The highest BCUT2D eigenvalue weighted by atomic mass is 35.5. The highest BCUT2D eigenvalue weighted by Gasteiger charge is 2.15. The molecule has 0 aliphatic rings. The zero-order valence-corrected chi connectivity index (χ0v) is 16.7. The smallest absolute Gasteiger partial charge is 0.258 e. The third-order valence-electron chi connectivity index (χ3n) is 4.35. The third kappa shape index (κ3) is 4.22. The van der Waals surface area contributed by atoms with E-state index in [9.17, 15) is 9.59 Å². The summed E-state index contributed by atoms with van der Waals surface area (Å²) in [5.74, 6) is -0.261. The Morgan fingerprint density at radius 3 is 2.52 bits per heavy atom. The lowest BCUT2D eigenvalue weighted by molar-refractivity contribution is 0.102. The number of rotatable bonds is 3. The lowest BCUT2D eigenvalue weighted by Gasteiger charge is -2.20. The lowest BCUT2D eigenvalue weighted by atomic mass is 9.96. The highest BCUT2D eigenvalue weighted by molar-refractivity contribution is 6.31. The molecule has 1 amide bonds. The molecule has 1 N–H and O–H groups in total. The van der Waals surface area contributed by atoms with Gasteiger partial charge in [0.25, 0.3) is 11.5 Å². The summed E-state index contributed by atoms with van der Waals surface area (Å²) >= 11 is 6.12. The second kappa shape index (κ2) is 7.20. The van der Waals surface area contributed by atoms with Crippen LogP contribution in [0.3, 0.4) is 0 Å². The quantitative estimate of drug-likeness (QED) is 0.671. The summed E-state index contributed by atoms with van der Waals surface area (Å²) in [6, 6.07) is 12.4. The van der Waals surface area contributed by atoms with Gasteiger partial charge in [-0.2, -0.15) is 0 Å². The Balaban J connectivity index is 1.98. The summed E-state index contributed by atoms with van der Waals surface area (Å²) < 4.78 is 1.72. The van der Waals surface area contributed by atoms with Crippen molar-refractivity contribution < 1.29 is 4.79 Å². The first-order chi connectivity index (χ1) is 12.7. The van der Waals surface area contributed by atoms with Gasteiger partial charge in [-0.25, -0.2) is 0 Å². The van der Waals surface area contributed by atoms with Crippen LogP contribution < -0.4 is 10.9 Å². The fourth-order valence-corrected chi connectivity index (χ4v) is 3.17. The summed E-state index contributed by atoms with van der Waals surface area (Å²) in [7, 11) is 0. The molecule has 0 aliphatic heterocycles. The average molecular weight is 383 g/mol. The summed E-state index contributed by atoms with van der Waals surface area (Å²) in [6.07, 6.45) is 1.79. The van der Waals surface area contributed by atoms with Gasteiger partial charge in [0.05, 0.1) is 0 Å². The number of aryl methyl sites for hydroxylation is 1. The van der Waals surface area contributed by atoms with Crippen LogP contribution in [0.25, 0.3) is 10.8 Å². The van der Waals surface area contributed by atoms with Crippen LogP contribution >= 0.6 is 11.6 Å². The SMILES string of the molecule is Cc1ccc(C(=O)Nc2cccc3c(=O)n(CC(C)(C)C)ccc23)cc1Cl. The minimum absolute atomic E-state index is 0.00591. The van der Waals surface area contributed by atoms with Crippen molar-refractivity contribution in [3.8, 4) is 0 Å². The standard InChI is InChI=1S/C22H23ClN2O2/c1-14-8-9-15(12-18(14)23)20(26)24-19-7-5-6-17-16(19)10-11-25(21(17)27)13-22(2,3)4/h5-12H,13H2,1-4H3,(H,24,26). The number of benzene rings is 2. The van der Waals surface area contributed by atoms with Crippen molar-refractivity contribution in [1.29, 1.82) is 0 Å². The van der Waals surface area contributed by atoms with Gasteiger partial charge in [-0.1, -0.05) is 44.5 Å². The Bertz CT molecular complexity index is 1080. The van der Waals surface area contributed by atoms with E-state index in [2.05, 4.69) is 26.1 Å². The number of amides is 1. The molecule has 0 unspecified atom stereocenters. The minimum atomic E-state index is -0.261. The van der Waals surface area contributed by atoms with Crippen molar-refractivity contribution >= 4 is 34.0 Å². The lowest BCUT2D eigenvalue weighted by Crippen LogP contribution is -2.26. The number of nitrogens with one attached hydrogen (secondary N) is 1. The number of carbonyl (C=O) groups is 1. The van der Waals surface area contributed by atoms with Crippen molar-refractivity contribution in [2.75, 3.05) is 5.32 Å². The van der Waals surface area contributed by atoms with Crippen LogP contribution in [-0.2, 0) is 6.54 Å². The maximum absolute atomic E-state index is 12.8. The molecule has 140 valence electrons. The van der Waals surface area contributed by atoms with Crippen molar-refractivity contribution in [3.05, 3.63) is 75.2 Å². The minimum Gasteiger partial charge on any atom is -0.321 e. The summed E-state index contributed by atoms with van der Waals surface area (Å²) in [6.45, 7) is 8.78. The van der Waals surface area contributed by atoms with Crippen LogP contribution in [0.15, 0.2) is 53.5 Å². The predicted molar refractivity (Wildman–Crippen MR) is 112 cm³/mol. The van der Waals surface area contributed by atoms with Crippen molar-refractivity contribution in [2.45, 2.75) is 34.2 Å². The number of anilines is 1. The average Bonchev–Trinajstić information content (AvgIpc) is 2.59. The van der Waals surface area contributed by atoms with Gasteiger partial charge < -0.3 is 9.88 Å². The first-order valence-electron chi connectivity index (χ1n) is 8.85. The normalized spacial score (nSPS) is 11.6. The molecule has 4 nitrogen and oxygen atoms in total. The van der Waals surface area contributed by atoms with E-state index in [1.807, 2.05) is 19.1 Å². The van der Waals surface area contributed by atoms with Gasteiger partial charge in [-0.15, -0.1) is 0 Å². The second-order valence-corrected chi connectivity index (χ2v) is 8.40. The van der Waals surface area contributed by atoms with Crippen LogP contribution in [0, 0.1) is 12.3 Å². The Morgan fingerprint density at radius 2 is 1.85 bits per heavy atom. The van der Waals surface area contributed by atoms with Crippen molar-refractivity contribution in [2.24, 2.45) is 5.41 Å². The molecule has 3 aromatic rings. The number of hydrogen-bond acceptors (Lipinski definition) is 2. The first kappa shape index (κ1) is 19.2. The van der Waals surface area contributed by atoms with E-state index < -0.39 is 0 Å². The Labute approximate surface area is 163 Å².